The van der Waals surface area contributed by atoms with E-state index in [2.05, 4.69) is 25.8 Å². The number of hydrogen-bond donors (Lipinski definition) is 3. The maximum atomic E-state index is 13.4. The molecule has 4 rings (SSSR count). The number of carbonyl (C=O) groups excluding carboxylic acids is 3. The highest BCUT2D eigenvalue weighted by atomic mass is 19.4. The molecule has 3 N–H and O–H groups in total. The van der Waals surface area contributed by atoms with Crippen molar-refractivity contribution in [3.05, 3.63) is 41.7 Å². The monoisotopic (exact) mass is 546 g/mol. The van der Waals surface area contributed by atoms with Gasteiger partial charge in [-0.1, -0.05) is 6.07 Å². The molecular formula is C26H29F3N6O4. The lowest BCUT2D eigenvalue weighted by atomic mass is 9.90. The van der Waals surface area contributed by atoms with E-state index in [1.807, 2.05) is 0 Å². The standard InChI is InChI=1S/C26H29F3N6O4/c1-25(2,26(27,28)29)24(38)35-9-5-6-16(35)13-31-21(36)18-10-15(12-32-23(18)39-4)14-7-8-17-19(11-14)33-34-20(17)22(37)30-3/h7-8,10-12,16H,5-6,9,13H2,1-4H3,(H,30,37)(H,31,36)(H,33,34). The van der Waals surface area contributed by atoms with Crippen LogP contribution in [-0.2, 0) is 4.79 Å². The molecule has 208 valence electrons. The van der Waals surface area contributed by atoms with Gasteiger partial charge in [0.25, 0.3) is 11.8 Å². The lowest BCUT2D eigenvalue weighted by Crippen LogP contribution is -2.52. The number of benzene rings is 1. The van der Waals surface area contributed by atoms with Crippen molar-refractivity contribution in [1.29, 1.82) is 0 Å². The second-order valence-electron chi connectivity index (χ2n) is 9.82. The number of aromatic nitrogens is 3. The van der Waals surface area contributed by atoms with Crippen LogP contribution in [0.4, 0.5) is 13.2 Å². The summed E-state index contributed by atoms with van der Waals surface area (Å²) in [6.45, 7) is 1.90. The first kappa shape index (κ1) is 27.9. The average Bonchev–Trinajstić information content (AvgIpc) is 3.56. The Hall–Kier alpha value is -4.16. The van der Waals surface area contributed by atoms with Gasteiger partial charge in [0.2, 0.25) is 11.8 Å². The maximum Gasteiger partial charge on any atom is 0.402 e. The van der Waals surface area contributed by atoms with Crippen LogP contribution in [0.3, 0.4) is 0 Å². The number of carbonyl (C=O) groups is 3. The van der Waals surface area contributed by atoms with Gasteiger partial charge in [-0.25, -0.2) is 4.98 Å². The number of H-pyrrole nitrogens is 1. The van der Waals surface area contributed by atoms with Crippen LogP contribution < -0.4 is 15.4 Å². The lowest BCUT2D eigenvalue weighted by Gasteiger charge is -2.34. The quantitative estimate of drug-likeness (QED) is 0.417. The van der Waals surface area contributed by atoms with Gasteiger partial charge in [0.15, 0.2) is 5.69 Å². The molecule has 0 saturated carbocycles. The molecule has 2 aromatic heterocycles. The predicted molar refractivity (Wildman–Crippen MR) is 136 cm³/mol. The molecule has 0 radical (unpaired) electrons. The average molecular weight is 547 g/mol. The number of ether oxygens (including phenoxy) is 1. The fourth-order valence-electron chi connectivity index (χ4n) is 4.53. The fraction of sp³-hybridized carbons (Fsp3) is 0.423. The van der Waals surface area contributed by atoms with Gasteiger partial charge in [0.1, 0.15) is 11.0 Å². The van der Waals surface area contributed by atoms with Crippen LogP contribution >= 0.6 is 0 Å². The second kappa shape index (κ2) is 10.5. The van der Waals surface area contributed by atoms with Gasteiger partial charge < -0.3 is 20.3 Å². The number of alkyl halides is 3. The molecule has 0 aliphatic carbocycles. The highest BCUT2D eigenvalue weighted by molar-refractivity contribution is 6.05. The molecule has 3 aromatic rings. The van der Waals surface area contributed by atoms with Gasteiger partial charge >= 0.3 is 6.18 Å². The molecule has 1 atom stereocenters. The van der Waals surface area contributed by atoms with E-state index >= 15 is 0 Å². The van der Waals surface area contributed by atoms with E-state index in [1.54, 1.807) is 24.3 Å². The number of pyridine rings is 1. The Kier molecular flexibility index (Phi) is 7.53. The highest BCUT2D eigenvalue weighted by Gasteiger charge is 2.55. The maximum absolute atomic E-state index is 13.4. The molecule has 1 aromatic carbocycles. The van der Waals surface area contributed by atoms with Crippen LogP contribution in [0.1, 0.15) is 47.5 Å². The van der Waals surface area contributed by atoms with E-state index in [-0.39, 0.29) is 36.1 Å². The van der Waals surface area contributed by atoms with Crippen LogP contribution in [0, 0.1) is 5.41 Å². The normalized spacial score (nSPS) is 15.9. The predicted octanol–water partition coefficient (Wildman–Crippen LogP) is 3.30. The molecule has 3 heterocycles. The molecule has 1 fully saturated rings. The molecular weight excluding hydrogens is 517 g/mol. The lowest BCUT2D eigenvalue weighted by molar-refractivity contribution is -0.217. The first-order valence-electron chi connectivity index (χ1n) is 12.3. The molecule has 0 spiro atoms. The largest absolute Gasteiger partial charge is 0.480 e. The minimum atomic E-state index is -4.69. The molecule has 10 nitrogen and oxygen atoms in total. The Morgan fingerprint density at radius 3 is 2.56 bits per heavy atom. The fourth-order valence-corrected chi connectivity index (χ4v) is 4.53. The van der Waals surface area contributed by atoms with Gasteiger partial charge in [-0.15, -0.1) is 0 Å². The van der Waals surface area contributed by atoms with Gasteiger partial charge in [0.05, 0.1) is 12.6 Å². The number of halogens is 3. The van der Waals surface area contributed by atoms with Crippen molar-refractivity contribution < 1.29 is 32.3 Å². The molecule has 39 heavy (non-hydrogen) atoms. The number of hydrogen-bond acceptors (Lipinski definition) is 6. The number of methoxy groups -OCH3 is 1. The summed E-state index contributed by atoms with van der Waals surface area (Å²) in [6, 6.07) is 6.28. The number of nitrogens with one attached hydrogen (secondary N) is 3. The molecule has 1 aliphatic heterocycles. The van der Waals surface area contributed by atoms with Crippen LogP contribution in [0.2, 0.25) is 0 Å². The molecule has 3 amide bonds. The van der Waals surface area contributed by atoms with Crippen molar-refractivity contribution >= 4 is 28.6 Å². The third-order valence-electron chi connectivity index (χ3n) is 7.01. The summed E-state index contributed by atoms with van der Waals surface area (Å²) >= 11 is 0. The van der Waals surface area contributed by atoms with E-state index < -0.39 is 29.4 Å². The summed E-state index contributed by atoms with van der Waals surface area (Å²) in [6.07, 6.45) is -2.15. The molecule has 1 saturated heterocycles. The smallest absolute Gasteiger partial charge is 0.402 e. The minimum Gasteiger partial charge on any atom is -0.480 e. The molecule has 1 unspecified atom stereocenters. The zero-order valence-corrected chi connectivity index (χ0v) is 21.9. The number of nitrogens with zero attached hydrogens (tertiary/aromatic N) is 3. The Morgan fingerprint density at radius 1 is 1.15 bits per heavy atom. The Bertz CT molecular complexity index is 1420. The minimum absolute atomic E-state index is 0.0196. The van der Waals surface area contributed by atoms with E-state index in [0.29, 0.717) is 34.9 Å². The number of rotatable bonds is 7. The molecule has 13 heteroatoms. The van der Waals surface area contributed by atoms with Crippen LogP contribution in [0.25, 0.3) is 22.0 Å². The van der Waals surface area contributed by atoms with Crippen molar-refractivity contribution in [3.63, 3.8) is 0 Å². The summed E-state index contributed by atoms with van der Waals surface area (Å²) in [5, 5.41) is 12.8. The van der Waals surface area contributed by atoms with Crippen molar-refractivity contribution in [1.82, 2.24) is 30.7 Å². The topological polar surface area (TPSA) is 129 Å². The summed E-state index contributed by atoms with van der Waals surface area (Å²) in [4.78, 5) is 43.3. The van der Waals surface area contributed by atoms with E-state index in [4.69, 9.17) is 4.74 Å². The third-order valence-corrected chi connectivity index (χ3v) is 7.01. The van der Waals surface area contributed by atoms with Gasteiger partial charge in [0, 0.05) is 43.3 Å². The van der Waals surface area contributed by atoms with Crippen molar-refractivity contribution in [2.45, 2.75) is 38.9 Å². The summed E-state index contributed by atoms with van der Waals surface area (Å²) in [5.41, 5.74) is -0.259. The van der Waals surface area contributed by atoms with Gasteiger partial charge in [-0.05, 0) is 50.5 Å². The Balaban J connectivity index is 1.53. The number of aromatic amines is 1. The first-order valence-corrected chi connectivity index (χ1v) is 12.3. The summed E-state index contributed by atoms with van der Waals surface area (Å²) in [5.74, 6) is -1.82. The van der Waals surface area contributed by atoms with Gasteiger partial charge in [-0.3, -0.25) is 19.5 Å². The SMILES string of the molecule is CNC(=O)c1n[nH]c2cc(-c3cnc(OC)c(C(=O)NCC4CCCN4C(=O)C(C)(C)C(F)(F)F)c3)ccc12. The zero-order chi connectivity index (χ0) is 28.5. The van der Waals surface area contributed by atoms with E-state index in [9.17, 15) is 27.6 Å². The number of fused-ring (bicyclic) bond motifs is 1. The molecule has 0 bridgehead atoms. The number of amides is 3. The Morgan fingerprint density at radius 2 is 1.90 bits per heavy atom. The Labute approximate surface area is 222 Å². The summed E-state index contributed by atoms with van der Waals surface area (Å²) < 4.78 is 45.6. The van der Waals surface area contributed by atoms with Crippen molar-refractivity contribution in [2.24, 2.45) is 5.41 Å². The first-order chi connectivity index (χ1) is 18.4. The molecule has 1 aliphatic rings. The van der Waals surface area contributed by atoms with Gasteiger partial charge in [-0.2, -0.15) is 18.3 Å². The van der Waals surface area contributed by atoms with Crippen LogP contribution in [0.15, 0.2) is 30.5 Å². The van der Waals surface area contributed by atoms with Crippen molar-refractivity contribution in [3.8, 4) is 17.0 Å². The third kappa shape index (κ3) is 5.25. The van der Waals surface area contributed by atoms with E-state index in [1.165, 1.54) is 25.3 Å². The second-order valence-corrected chi connectivity index (χ2v) is 9.82. The summed E-state index contributed by atoms with van der Waals surface area (Å²) in [7, 11) is 2.88. The zero-order valence-electron chi connectivity index (χ0n) is 21.9. The van der Waals surface area contributed by atoms with Crippen molar-refractivity contribution in [2.75, 3.05) is 27.2 Å². The van der Waals surface area contributed by atoms with Crippen LogP contribution in [0.5, 0.6) is 5.88 Å². The highest BCUT2D eigenvalue weighted by Crippen LogP contribution is 2.40. The van der Waals surface area contributed by atoms with E-state index in [0.717, 1.165) is 13.8 Å². The van der Waals surface area contributed by atoms with Crippen LogP contribution in [-0.4, -0.2) is 77.3 Å². The number of likely N-dealkylation sites (tertiary alicyclic amines) is 1.